The Bertz CT molecular complexity index is 316. The number of allylic oxidation sites excluding steroid dienone is 3. The first-order chi connectivity index (χ1) is 6.52. The average molecular weight is 196 g/mol. The van der Waals surface area contributed by atoms with Crippen molar-refractivity contribution in [3.05, 3.63) is 24.1 Å². The summed E-state index contributed by atoms with van der Waals surface area (Å²) in [5.41, 5.74) is -0.862. The Kier molecular flexibility index (Phi) is 3.01. The molecule has 0 bridgehead atoms. The molecule has 76 valence electrons. The molecule has 0 radical (unpaired) electrons. The van der Waals surface area contributed by atoms with Crippen molar-refractivity contribution in [2.75, 3.05) is 0 Å². The highest BCUT2D eigenvalue weighted by Crippen LogP contribution is 2.26. The van der Waals surface area contributed by atoms with Gasteiger partial charge in [0.2, 0.25) is 0 Å². The van der Waals surface area contributed by atoms with Crippen LogP contribution in [0.2, 0.25) is 0 Å². The molecule has 0 fully saturated rings. The minimum atomic E-state index is -0.868. The van der Waals surface area contributed by atoms with Crippen molar-refractivity contribution in [1.29, 1.82) is 0 Å². The van der Waals surface area contributed by atoms with Crippen LogP contribution in [-0.2, 0) is 9.63 Å². The van der Waals surface area contributed by atoms with Gasteiger partial charge in [0.05, 0.1) is 11.6 Å². The molecule has 14 heavy (non-hydrogen) atoms. The van der Waals surface area contributed by atoms with Gasteiger partial charge in [0.15, 0.2) is 0 Å². The van der Waals surface area contributed by atoms with Gasteiger partial charge in [0.25, 0.3) is 0 Å². The van der Waals surface area contributed by atoms with Crippen LogP contribution in [0.4, 0.5) is 0 Å². The van der Waals surface area contributed by atoms with Gasteiger partial charge in [0, 0.05) is 11.7 Å². The molecule has 0 amide bonds. The predicted octanol–water partition coefficient (Wildman–Crippen LogP) is 2.28. The first-order valence-electron chi connectivity index (χ1n) is 4.19. The highest BCUT2D eigenvalue weighted by molar-refractivity contribution is 5.73. The van der Waals surface area contributed by atoms with Gasteiger partial charge in [-0.1, -0.05) is 0 Å². The van der Waals surface area contributed by atoms with Crippen molar-refractivity contribution in [2.45, 2.75) is 20.3 Å². The molecule has 0 saturated carbocycles. The van der Waals surface area contributed by atoms with Gasteiger partial charge < -0.3 is 9.94 Å². The van der Waals surface area contributed by atoms with Crippen molar-refractivity contribution >= 4 is 5.97 Å². The molecule has 1 rings (SSSR count). The summed E-state index contributed by atoms with van der Waals surface area (Å²) >= 11 is 0. The maximum atomic E-state index is 10.8. The van der Waals surface area contributed by atoms with Gasteiger partial charge in [-0.2, -0.15) is 0 Å². The Hall–Kier alpha value is -1.65. The number of carboxylic acid groups (broad SMARTS) is 1. The van der Waals surface area contributed by atoms with E-state index in [2.05, 4.69) is 10.4 Å². The molecule has 1 aliphatic rings. The Morgan fingerprint density at radius 3 is 3.00 bits per heavy atom. The number of rotatable bonds is 3. The zero-order valence-electron chi connectivity index (χ0n) is 8.10. The third-order valence-corrected chi connectivity index (χ3v) is 1.84. The van der Waals surface area contributed by atoms with E-state index in [1.54, 1.807) is 26.0 Å². The Morgan fingerprint density at radius 1 is 1.64 bits per heavy atom. The van der Waals surface area contributed by atoms with Gasteiger partial charge in [-0.25, -0.2) is 0 Å². The first kappa shape index (κ1) is 10.4. The molecule has 5 heteroatoms. The zero-order valence-corrected chi connectivity index (χ0v) is 8.10. The zero-order chi connectivity index (χ0) is 10.6. The normalized spacial score (nSPS) is 15.7. The van der Waals surface area contributed by atoms with Gasteiger partial charge >= 0.3 is 5.97 Å². The fraction of sp³-hybridized carbons (Fsp3) is 0.444. The third-order valence-electron chi connectivity index (χ3n) is 1.84. The van der Waals surface area contributed by atoms with E-state index in [4.69, 9.17) is 9.94 Å². The summed E-state index contributed by atoms with van der Waals surface area (Å²) in [6.45, 7) is 3.26. The SMILES string of the molecule is CC(C)(CC1=CC=CN=NO1)C(=O)O. The highest BCUT2D eigenvalue weighted by Gasteiger charge is 2.29. The molecule has 0 unspecified atom stereocenters. The third kappa shape index (κ3) is 2.69. The smallest absolute Gasteiger partial charge is 0.309 e. The van der Waals surface area contributed by atoms with Crippen LogP contribution in [0.25, 0.3) is 0 Å². The summed E-state index contributed by atoms with van der Waals surface area (Å²) in [6.07, 6.45) is 5.07. The summed E-state index contributed by atoms with van der Waals surface area (Å²) in [5, 5.41) is 15.8. The molecule has 0 atom stereocenters. The second-order valence-electron chi connectivity index (χ2n) is 3.63. The van der Waals surface area contributed by atoms with E-state index in [-0.39, 0.29) is 6.42 Å². The van der Waals surface area contributed by atoms with Crippen molar-refractivity contribution in [3.63, 3.8) is 0 Å². The number of carboxylic acids is 1. The van der Waals surface area contributed by atoms with Crippen LogP contribution < -0.4 is 0 Å². The van der Waals surface area contributed by atoms with E-state index in [9.17, 15) is 4.79 Å². The summed E-state index contributed by atoms with van der Waals surface area (Å²) in [4.78, 5) is 15.7. The van der Waals surface area contributed by atoms with E-state index in [1.165, 1.54) is 6.20 Å². The van der Waals surface area contributed by atoms with Gasteiger partial charge in [-0.15, -0.1) is 5.11 Å². The largest absolute Gasteiger partial charge is 0.481 e. The second kappa shape index (κ2) is 4.04. The number of hydrogen-bond donors (Lipinski definition) is 1. The van der Waals surface area contributed by atoms with E-state index in [0.29, 0.717) is 5.76 Å². The molecule has 0 aromatic carbocycles. The van der Waals surface area contributed by atoms with Crippen molar-refractivity contribution in [3.8, 4) is 0 Å². The summed E-state index contributed by atoms with van der Waals surface area (Å²) in [7, 11) is 0. The molecule has 5 nitrogen and oxygen atoms in total. The van der Waals surface area contributed by atoms with E-state index < -0.39 is 11.4 Å². The number of aliphatic carboxylic acids is 1. The fourth-order valence-corrected chi connectivity index (χ4v) is 0.925. The number of hydrogen-bond acceptors (Lipinski definition) is 4. The molecule has 1 aliphatic heterocycles. The lowest BCUT2D eigenvalue weighted by atomic mass is 9.88. The number of carbonyl (C=O) groups is 1. The first-order valence-corrected chi connectivity index (χ1v) is 4.19. The molecule has 0 aromatic rings. The van der Waals surface area contributed by atoms with Gasteiger partial charge in [0.1, 0.15) is 5.76 Å². The fourth-order valence-electron chi connectivity index (χ4n) is 0.925. The average Bonchev–Trinajstić information content (AvgIpc) is 2.32. The lowest BCUT2D eigenvalue weighted by Gasteiger charge is -2.18. The van der Waals surface area contributed by atoms with Gasteiger partial charge in [-0.05, 0) is 26.0 Å². The van der Waals surface area contributed by atoms with E-state index in [0.717, 1.165) is 0 Å². The molecular formula is C9H12N2O3. The van der Waals surface area contributed by atoms with Crippen LogP contribution in [0, 0.1) is 5.41 Å². The molecule has 0 saturated heterocycles. The van der Waals surface area contributed by atoms with Crippen LogP contribution in [-0.4, -0.2) is 11.1 Å². The minimum absolute atomic E-state index is 0.283. The topological polar surface area (TPSA) is 71.2 Å². The molecular weight excluding hydrogens is 184 g/mol. The molecule has 1 heterocycles. The molecule has 1 N–H and O–H groups in total. The van der Waals surface area contributed by atoms with Crippen molar-refractivity contribution < 1.29 is 14.7 Å². The maximum absolute atomic E-state index is 10.8. The second-order valence-corrected chi connectivity index (χ2v) is 3.63. The Balaban J connectivity index is 2.69. The number of nitrogens with zero attached hydrogens (tertiary/aromatic N) is 2. The van der Waals surface area contributed by atoms with Crippen molar-refractivity contribution in [1.82, 2.24) is 0 Å². The van der Waals surface area contributed by atoms with Crippen molar-refractivity contribution in [2.24, 2.45) is 15.8 Å². The lowest BCUT2D eigenvalue weighted by Crippen LogP contribution is -2.24. The van der Waals surface area contributed by atoms with Crippen LogP contribution in [0.5, 0.6) is 0 Å². The van der Waals surface area contributed by atoms with E-state index >= 15 is 0 Å². The predicted molar refractivity (Wildman–Crippen MR) is 49.2 cm³/mol. The van der Waals surface area contributed by atoms with Gasteiger partial charge in [-0.3, -0.25) is 4.79 Å². The van der Waals surface area contributed by atoms with Crippen LogP contribution in [0.3, 0.4) is 0 Å². The summed E-state index contributed by atoms with van der Waals surface area (Å²) in [6, 6.07) is 0. The monoisotopic (exact) mass is 196 g/mol. The standard InChI is InChI=1S/C9H12N2O3/c1-9(2,8(12)13)6-7-4-3-5-10-11-14-7/h3-5H,6H2,1-2H3,(H,12,13). The van der Waals surface area contributed by atoms with E-state index in [1.807, 2.05) is 0 Å². The molecule has 0 aromatic heterocycles. The molecule has 0 aliphatic carbocycles. The summed E-state index contributed by atoms with van der Waals surface area (Å²) in [5.74, 6) is -0.373. The Labute approximate surface area is 81.7 Å². The van der Waals surface area contributed by atoms with Crippen LogP contribution in [0.15, 0.2) is 34.5 Å². The summed E-state index contributed by atoms with van der Waals surface area (Å²) < 4.78 is 0. The minimum Gasteiger partial charge on any atom is -0.481 e. The highest BCUT2D eigenvalue weighted by atomic mass is 16.6. The molecule has 0 spiro atoms. The maximum Gasteiger partial charge on any atom is 0.309 e. The van der Waals surface area contributed by atoms with Crippen LogP contribution in [0.1, 0.15) is 20.3 Å². The lowest BCUT2D eigenvalue weighted by molar-refractivity contribution is -0.147. The van der Waals surface area contributed by atoms with Crippen LogP contribution >= 0.6 is 0 Å². The quantitative estimate of drug-likeness (QED) is 0.752. The Morgan fingerprint density at radius 2 is 2.36 bits per heavy atom.